The van der Waals surface area contributed by atoms with Crippen LogP contribution < -0.4 is 10.6 Å². The number of carbonyl (C=O) groups excluding carboxylic acids is 2. The molecule has 3 amide bonds. The average Bonchev–Trinajstić information content (AvgIpc) is 2.98. The van der Waals surface area contributed by atoms with Crippen LogP contribution in [0.4, 0.5) is 4.79 Å². The minimum Gasteiger partial charge on any atom is -0.355 e. The molecule has 3 aliphatic rings. The van der Waals surface area contributed by atoms with Gasteiger partial charge in [0.05, 0.1) is 0 Å². The SMILES string of the molecule is O=C1CC2(CCN(C(=O)NC3CCCCC3)C2)CN1. The van der Waals surface area contributed by atoms with Crippen LogP contribution in [0, 0.1) is 5.41 Å². The highest BCUT2D eigenvalue weighted by molar-refractivity contribution is 5.80. The molecular weight excluding hydrogens is 242 g/mol. The van der Waals surface area contributed by atoms with E-state index in [4.69, 9.17) is 0 Å². The van der Waals surface area contributed by atoms with E-state index < -0.39 is 0 Å². The Hall–Kier alpha value is -1.26. The molecule has 19 heavy (non-hydrogen) atoms. The first-order chi connectivity index (χ1) is 9.17. The van der Waals surface area contributed by atoms with E-state index in [0.29, 0.717) is 12.5 Å². The summed E-state index contributed by atoms with van der Waals surface area (Å²) in [4.78, 5) is 25.5. The van der Waals surface area contributed by atoms with E-state index in [1.807, 2.05) is 4.90 Å². The third-order valence-electron chi connectivity index (χ3n) is 4.85. The number of rotatable bonds is 1. The van der Waals surface area contributed by atoms with Gasteiger partial charge in [-0.1, -0.05) is 19.3 Å². The lowest BCUT2D eigenvalue weighted by molar-refractivity contribution is -0.119. The number of urea groups is 1. The molecule has 1 unspecified atom stereocenters. The molecule has 0 aromatic carbocycles. The van der Waals surface area contributed by atoms with Gasteiger partial charge in [0.25, 0.3) is 0 Å². The third-order valence-corrected chi connectivity index (χ3v) is 4.85. The van der Waals surface area contributed by atoms with Gasteiger partial charge in [0.1, 0.15) is 0 Å². The Bertz CT molecular complexity index is 379. The molecular formula is C14H23N3O2. The van der Waals surface area contributed by atoms with Crippen molar-refractivity contribution in [3.63, 3.8) is 0 Å². The van der Waals surface area contributed by atoms with E-state index in [9.17, 15) is 9.59 Å². The van der Waals surface area contributed by atoms with Gasteiger partial charge < -0.3 is 15.5 Å². The van der Waals surface area contributed by atoms with E-state index in [-0.39, 0.29) is 17.4 Å². The highest BCUT2D eigenvalue weighted by atomic mass is 16.2. The smallest absolute Gasteiger partial charge is 0.317 e. The third kappa shape index (κ3) is 2.69. The zero-order valence-electron chi connectivity index (χ0n) is 11.4. The summed E-state index contributed by atoms with van der Waals surface area (Å²) in [6.45, 7) is 2.25. The second-order valence-electron chi connectivity index (χ2n) is 6.41. The fourth-order valence-electron chi connectivity index (χ4n) is 3.66. The van der Waals surface area contributed by atoms with E-state index >= 15 is 0 Å². The average molecular weight is 265 g/mol. The summed E-state index contributed by atoms with van der Waals surface area (Å²) in [5.74, 6) is 0.134. The summed E-state index contributed by atoms with van der Waals surface area (Å²) in [5.41, 5.74) is 0.0149. The van der Waals surface area contributed by atoms with Gasteiger partial charge in [-0.15, -0.1) is 0 Å². The standard InChI is InChI=1S/C14H23N3O2/c18-12-8-14(9-15-12)6-7-17(10-14)13(19)16-11-4-2-1-3-5-11/h11H,1-10H2,(H,15,18)(H,16,19). The molecule has 2 heterocycles. The maximum atomic E-state index is 12.2. The van der Waals surface area contributed by atoms with Gasteiger partial charge in [0.15, 0.2) is 0 Å². The van der Waals surface area contributed by atoms with E-state index in [2.05, 4.69) is 10.6 Å². The normalized spacial score (nSPS) is 31.8. The fraction of sp³-hybridized carbons (Fsp3) is 0.857. The molecule has 1 saturated carbocycles. The summed E-state index contributed by atoms with van der Waals surface area (Å²) in [6, 6.07) is 0.434. The molecule has 3 rings (SSSR count). The van der Waals surface area contributed by atoms with Crippen LogP contribution in [0.25, 0.3) is 0 Å². The monoisotopic (exact) mass is 265 g/mol. The molecule has 0 aromatic rings. The minimum absolute atomic E-state index is 0.0149. The fourth-order valence-corrected chi connectivity index (χ4v) is 3.66. The largest absolute Gasteiger partial charge is 0.355 e. The minimum atomic E-state index is 0.0149. The maximum absolute atomic E-state index is 12.2. The summed E-state index contributed by atoms with van der Waals surface area (Å²) in [7, 11) is 0. The zero-order valence-corrected chi connectivity index (χ0v) is 11.4. The summed E-state index contributed by atoms with van der Waals surface area (Å²) in [5, 5.41) is 6.06. The van der Waals surface area contributed by atoms with Crippen LogP contribution in [-0.2, 0) is 4.79 Å². The molecule has 1 atom stereocenters. The number of amides is 3. The molecule has 2 saturated heterocycles. The number of carbonyl (C=O) groups is 2. The van der Waals surface area contributed by atoms with Crippen LogP contribution in [0.2, 0.25) is 0 Å². The topological polar surface area (TPSA) is 61.4 Å². The molecule has 2 N–H and O–H groups in total. The van der Waals surface area contributed by atoms with E-state index in [1.165, 1.54) is 19.3 Å². The summed E-state index contributed by atoms with van der Waals surface area (Å²) < 4.78 is 0. The first-order valence-electron chi connectivity index (χ1n) is 7.49. The molecule has 0 bridgehead atoms. The van der Waals surface area contributed by atoms with E-state index in [0.717, 1.165) is 38.9 Å². The first kappa shape index (κ1) is 12.8. The number of nitrogens with zero attached hydrogens (tertiary/aromatic N) is 1. The van der Waals surface area contributed by atoms with Crippen LogP contribution in [-0.4, -0.2) is 42.5 Å². The van der Waals surface area contributed by atoms with Crippen LogP contribution in [0.15, 0.2) is 0 Å². The predicted molar refractivity (Wildman–Crippen MR) is 71.7 cm³/mol. The van der Waals surface area contributed by atoms with Crippen molar-refractivity contribution in [1.82, 2.24) is 15.5 Å². The van der Waals surface area contributed by atoms with Crippen molar-refractivity contribution in [3.8, 4) is 0 Å². The second kappa shape index (κ2) is 5.02. The van der Waals surface area contributed by atoms with Crippen molar-refractivity contribution in [3.05, 3.63) is 0 Å². The Morgan fingerprint density at radius 3 is 2.79 bits per heavy atom. The van der Waals surface area contributed by atoms with Crippen LogP contribution in [0.1, 0.15) is 44.9 Å². The Morgan fingerprint density at radius 1 is 1.32 bits per heavy atom. The number of likely N-dealkylation sites (tertiary alicyclic amines) is 1. The quantitative estimate of drug-likeness (QED) is 0.749. The lowest BCUT2D eigenvalue weighted by atomic mass is 9.86. The van der Waals surface area contributed by atoms with Crippen LogP contribution >= 0.6 is 0 Å². The van der Waals surface area contributed by atoms with Crippen molar-refractivity contribution < 1.29 is 9.59 Å². The molecule has 0 radical (unpaired) electrons. The Labute approximate surface area is 114 Å². The Kier molecular flexibility index (Phi) is 3.37. The highest BCUT2D eigenvalue weighted by Crippen LogP contribution is 2.36. The zero-order chi connectivity index (χ0) is 13.3. The molecule has 2 aliphatic heterocycles. The van der Waals surface area contributed by atoms with Gasteiger partial charge in [-0.2, -0.15) is 0 Å². The number of hydrogen-bond donors (Lipinski definition) is 2. The van der Waals surface area contributed by atoms with Crippen molar-refractivity contribution in [2.75, 3.05) is 19.6 Å². The molecule has 1 aliphatic carbocycles. The lowest BCUT2D eigenvalue weighted by Gasteiger charge is -2.27. The van der Waals surface area contributed by atoms with Crippen molar-refractivity contribution in [2.24, 2.45) is 5.41 Å². The molecule has 106 valence electrons. The van der Waals surface area contributed by atoms with Crippen molar-refractivity contribution >= 4 is 11.9 Å². The van der Waals surface area contributed by atoms with Crippen LogP contribution in [0.3, 0.4) is 0 Å². The van der Waals surface area contributed by atoms with Gasteiger partial charge in [-0.05, 0) is 19.3 Å². The second-order valence-corrected chi connectivity index (χ2v) is 6.41. The predicted octanol–water partition coefficient (Wildman–Crippen LogP) is 1.24. The molecule has 1 spiro atoms. The van der Waals surface area contributed by atoms with Gasteiger partial charge in [0, 0.05) is 37.5 Å². The summed E-state index contributed by atoms with van der Waals surface area (Å²) in [6.07, 6.45) is 7.52. The van der Waals surface area contributed by atoms with Gasteiger partial charge in [-0.25, -0.2) is 4.79 Å². The molecule has 5 heteroatoms. The van der Waals surface area contributed by atoms with Crippen molar-refractivity contribution in [1.29, 1.82) is 0 Å². The Balaban J connectivity index is 1.52. The molecule has 5 nitrogen and oxygen atoms in total. The van der Waals surface area contributed by atoms with Crippen LogP contribution in [0.5, 0.6) is 0 Å². The lowest BCUT2D eigenvalue weighted by Crippen LogP contribution is -2.45. The number of nitrogens with one attached hydrogen (secondary N) is 2. The van der Waals surface area contributed by atoms with Gasteiger partial charge in [0.2, 0.25) is 5.91 Å². The van der Waals surface area contributed by atoms with E-state index in [1.54, 1.807) is 0 Å². The molecule has 0 aromatic heterocycles. The number of hydrogen-bond acceptors (Lipinski definition) is 2. The highest BCUT2D eigenvalue weighted by Gasteiger charge is 2.45. The van der Waals surface area contributed by atoms with Gasteiger partial charge >= 0.3 is 6.03 Å². The molecule has 3 fully saturated rings. The Morgan fingerprint density at radius 2 is 2.11 bits per heavy atom. The first-order valence-corrected chi connectivity index (χ1v) is 7.49. The maximum Gasteiger partial charge on any atom is 0.317 e. The van der Waals surface area contributed by atoms with Crippen molar-refractivity contribution in [2.45, 2.75) is 51.0 Å². The van der Waals surface area contributed by atoms with Gasteiger partial charge in [-0.3, -0.25) is 4.79 Å². The summed E-state index contributed by atoms with van der Waals surface area (Å²) >= 11 is 0.